The molecule has 15 rings (SSSR count). The number of benzene rings is 9. The van der Waals surface area contributed by atoms with Crippen LogP contribution in [0.2, 0.25) is 0 Å². The van der Waals surface area contributed by atoms with Gasteiger partial charge in [0.1, 0.15) is 5.82 Å². The Morgan fingerprint density at radius 2 is 0.620 bits per heavy atom. The highest BCUT2D eigenvalue weighted by atomic mass is 15.1. The molecular formula is C63H40N8. The van der Waals surface area contributed by atoms with Crippen LogP contribution in [0.3, 0.4) is 0 Å². The number of hydrogen-bond acceptors (Lipinski definition) is 7. The zero-order chi connectivity index (χ0) is 46.8. The Morgan fingerprint density at radius 1 is 0.254 bits per heavy atom. The van der Waals surface area contributed by atoms with Crippen molar-refractivity contribution in [2.45, 2.75) is 11.8 Å². The first-order chi connectivity index (χ1) is 35.2. The summed E-state index contributed by atoms with van der Waals surface area (Å²) >= 11 is 0. The van der Waals surface area contributed by atoms with Crippen molar-refractivity contribution in [3.8, 4) is 85.4 Å². The van der Waals surface area contributed by atoms with Crippen molar-refractivity contribution in [2.75, 3.05) is 0 Å². The zero-order valence-electron chi connectivity index (χ0n) is 38.2. The van der Waals surface area contributed by atoms with E-state index < -0.39 is 0 Å². The molecule has 0 N–H and O–H groups in total. The van der Waals surface area contributed by atoms with Crippen molar-refractivity contribution >= 4 is 11.0 Å². The van der Waals surface area contributed by atoms with Gasteiger partial charge in [-0.15, -0.1) is 0 Å². The second-order valence-electron chi connectivity index (χ2n) is 18.1. The van der Waals surface area contributed by atoms with Crippen LogP contribution >= 0.6 is 0 Å². The first-order valence-electron chi connectivity index (χ1n) is 23.9. The second-order valence-corrected chi connectivity index (χ2v) is 18.1. The molecular weight excluding hydrogens is 869 g/mol. The summed E-state index contributed by atoms with van der Waals surface area (Å²) in [6, 6.07) is 79.9. The van der Waals surface area contributed by atoms with Crippen LogP contribution in [0.15, 0.2) is 231 Å². The number of hydrogen-bond donors (Lipinski definition) is 0. The molecule has 3 aromatic heterocycles. The van der Waals surface area contributed by atoms with Gasteiger partial charge in [-0.25, -0.2) is 34.9 Å². The summed E-state index contributed by atoms with van der Waals surface area (Å²) in [5.41, 5.74) is 17.2. The van der Waals surface area contributed by atoms with Crippen molar-refractivity contribution in [1.29, 1.82) is 0 Å². The monoisotopic (exact) mass is 908 g/mol. The Bertz CT molecular complexity index is 3950. The van der Waals surface area contributed by atoms with Crippen LogP contribution in [0.4, 0.5) is 0 Å². The maximum absolute atomic E-state index is 5.30. The van der Waals surface area contributed by atoms with Crippen LogP contribution in [0.25, 0.3) is 96.4 Å². The second kappa shape index (κ2) is 16.6. The summed E-state index contributed by atoms with van der Waals surface area (Å²) in [5.74, 6) is 4.63. The van der Waals surface area contributed by atoms with Gasteiger partial charge in [0.05, 0.1) is 11.0 Å². The summed E-state index contributed by atoms with van der Waals surface area (Å²) in [5, 5.41) is 0. The smallest absolute Gasteiger partial charge is 0.164 e. The third kappa shape index (κ3) is 6.95. The SMILES string of the molecule is c1ccc(-c2nc(-c3ccccc3)nc(-c3ccc4c(c3)C3c5ccccc5C4c4cc(-c5nc(-c6ccccc6)nc(-c6cccc(-n7c(-c8ccccc8)nc8ccccc87)c6)n5)ccc43)n2)cc1. The molecule has 2 atom stereocenters. The van der Waals surface area contributed by atoms with Gasteiger partial charge in [-0.3, -0.25) is 4.57 Å². The third-order valence-electron chi connectivity index (χ3n) is 13.9. The topological polar surface area (TPSA) is 95.2 Å². The first-order valence-corrected chi connectivity index (χ1v) is 23.9. The van der Waals surface area contributed by atoms with Crippen molar-refractivity contribution < 1.29 is 0 Å². The lowest BCUT2D eigenvalue weighted by Crippen LogP contribution is -2.27. The number of imidazole rings is 1. The Kier molecular flexibility index (Phi) is 9.48. The number of para-hydroxylation sites is 2. The largest absolute Gasteiger partial charge is 0.292 e. The molecule has 71 heavy (non-hydrogen) atoms. The van der Waals surface area contributed by atoms with E-state index >= 15 is 0 Å². The van der Waals surface area contributed by atoms with Crippen LogP contribution in [0, 0.1) is 0 Å². The van der Waals surface area contributed by atoms with Crippen LogP contribution in [-0.4, -0.2) is 39.5 Å². The number of fused-ring (bicyclic) bond motifs is 1. The van der Waals surface area contributed by atoms with Gasteiger partial charge >= 0.3 is 0 Å². The quantitative estimate of drug-likeness (QED) is 0.150. The highest BCUT2D eigenvalue weighted by Gasteiger charge is 2.41. The maximum Gasteiger partial charge on any atom is 0.164 e. The summed E-state index contributed by atoms with van der Waals surface area (Å²) in [6.07, 6.45) is 0. The molecule has 3 aliphatic carbocycles. The highest BCUT2D eigenvalue weighted by Crippen LogP contribution is 2.56. The van der Waals surface area contributed by atoms with Crippen molar-refractivity contribution in [3.63, 3.8) is 0 Å². The fourth-order valence-electron chi connectivity index (χ4n) is 10.6. The van der Waals surface area contributed by atoms with E-state index in [1.165, 1.54) is 33.4 Å². The summed E-state index contributed by atoms with van der Waals surface area (Å²) in [4.78, 5) is 36.0. The van der Waals surface area contributed by atoms with E-state index in [-0.39, 0.29) is 11.8 Å². The molecule has 0 fully saturated rings. The van der Waals surface area contributed by atoms with Crippen LogP contribution < -0.4 is 0 Å². The van der Waals surface area contributed by atoms with Gasteiger partial charge in [0.15, 0.2) is 34.9 Å². The van der Waals surface area contributed by atoms with Crippen molar-refractivity contribution in [1.82, 2.24) is 39.5 Å². The summed E-state index contributed by atoms with van der Waals surface area (Å²) in [7, 11) is 0. The molecule has 2 bridgehead atoms. The standard InChI is InChI=1S/C63H40N8/c1-5-18-39(19-6-1)57-65-58(40-20-7-2-8-21-40)68-61(67-57)44-32-34-49-51(37-44)55-47-28-13-14-29-48(47)56(49)52-38-45(33-35-50(52)55)62-69-59(41-22-9-3-10-23-41)66-60(70-62)43-26-17-27-46(36-43)71-54-31-16-15-30-53(54)64-63(71)42-24-11-4-12-25-42/h1-38,55-56H. The molecule has 0 saturated heterocycles. The van der Waals surface area contributed by atoms with Crippen LogP contribution in [-0.2, 0) is 0 Å². The van der Waals surface area contributed by atoms with Crippen molar-refractivity contribution in [3.05, 3.63) is 264 Å². The minimum absolute atomic E-state index is 0.00344. The van der Waals surface area contributed by atoms with Crippen molar-refractivity contribution in [2.24, 2.45) is 0 Å². The molecule has 0 amide bonds. The molecule has 0 saturated carbocycles. The van der Waals surface area contributed by atoms with Gasteiger partial charge in [-0.1, -0.05) is 194 Å². The van der Waals surface area contributed by atoms with E-state index in [4.69, 9.17) is 34.9 Å². The predicted molar refractivity (Wildman–Crippen MR) is 281 cm³/mol. The fraction of sp³-hybridized carbons (Fsp3) is 0.0317. The fourth-order valence-corrected chi connectivity index (χ4v) is 10.6. The van der Waals surface area contributed by atoms with Gasteiger partial charge in [0, 0.05) is 56.5 Å². The summed E-state index contributed by atoms with van der Waals surface area (Å²) < 4.78 is 2.22. The molecule has 0 radical (unpaired) electrons. The Labute approximate surface area is 409 Å². The van der Waals surface area contributed by atoms with E-state index in [0.29, 0.717) is 34.9 Å². The normalized spacial score (nSPS) is 14.2. The molecule has 12 aromatic rings. The molecule has 8 nitrogen and oxygen atoms in total. The van der Waals surface area contributed by atoms with E-state index in [1.807, 2.05) is 103 Å². The van der Waals surface area contributed by atoms with Gasteiger partial charge in [-0.05, 0) is 69.8 Å². The van der Waals surface area contributed by atoms with E-state index in [9.17, 15) is 0 Å². The lowest BCUT2D eigenvalue weighted by molar-refractivity contribution is 0.754. The molecule has 0 spiro atoms. The average Bonchev–Trinajstić information content (AvgIpc) is 3.85. The third-order valence-corrected chi connectivity index (χ3v) is 13.9. The highest BCUT2D eigenvalue weighted by molar-refractivity contribution is 5.84. The number of aromatic nitrogens is 8. The minimum atomic E-state index is 0.00344. The molecule has 0 aliphatic heterocycles. The van der Waals surface area contributed by atoms with Crippen LogP contribution in [0.1, 0.15) is 45.2 Å². The lowest BCUT2D eigenvalue weighted by atomic mass is 9.61. The zero-order valence-corrected chi connectivity index (χ0v) is 38.2. The predicted octanol–water partition coefficient (Wildman–Crippen LogP) is 14.1. The molecule has 3 aliphatic rings. The Balaban J connectivity index is 0.886. The molecule has 9 aromatic carbocycles. The Morgan fingerprint density at radius 3 is 1.10 bits per heavy atom. The van der Waals surface area contributed by atoms with E-state index in [2.05, 4.69) is 132 Å². The minimum Gasteiger partial charge on any atom is -0.292 e. The molecule has 332 valence electrons. The lowest BCUT2D eigenvalue weighted by Gasteiger charge is -2.42. The molecule has 8 heteroatoms. The average molecular weight is 909 g/mol. The van der Waals surface area contributed by atoms with Crippen LogP contribution in [0.5, 0.6) is 0 Å². The summed E-state index contributed by atoms with van der Waals surface area (Å²) in [6.45, 7) is 0. The van der Waals surface area contributed by atoms with Gasteiger partial charge in [-0.2, -0.15) is 0 Å². The molecule has 2 unspecified atom stereocenters. The molecule has 3 heterocycles. The van der Waals surface area contributed by atoms with Gasteiger partial charge in [0.25, 0.3) is 0 Å². The number of rotatable bonds is 8. The maximum atomic E-state index is 5.30. The van der Waals surface area contributed by atoms with E-state index in [1.54, 1.807) is 0 Å². The van der Waals surface area contributed by atoms with Gasteiger partial charge in [0.2, 0.25) is 0 Å². The first kappa shape index (κ1) is 40.5. The Hall–Kier alpha value is -9.53. The van der Waals surface area contributed by atoms with E-state index in [0.717, 1.165) is 61.5 Å². The number of nitrogens with zero attached hydrogens (tertiary/aromatic N) is 8. The van der Waals surface area contributed by atoms with Gasteiger partial charge < -0.3 is 0 Å².